The van der Waals surface area contributed by atoms with Gasteiger partial charge in [0.25, 0.3) is 0 Å². The lowest BCUT2D eigenvalue weighted by molar-refractivity contribution is -0.137. The lowest BCUT2D eigenvalue weighted by Crippen LogP contribution is -2.44. The van der Waals surface area contributed by atoms with Crippen LogP contribution in [0.3, 0.4) is 0 Å². The van der Waals surface area contributed by atoms with Crippen molar-refractivity contribution in [3.05, 3.63) is 70.9 Å². The number of rotatable bonds is 28. The fraction of sp³-hybridized carbons (Fsp3) is 0.511. The third-order valence-corrected chi connectivity index (χ3v) is 12.9. The molecule has 0 saturated carbocycles. The quantitative estimate of drug-likeness (QED) is 0.0349. The fourth-order valence-corrected chi connectivity index (χ4v) is 9.38. The molecule has 0 bridgehead atoms. The van der Waals surface area contributed by atoms with Crippen molar-refractivity contribution in [2.45, 2.75) is 68.9 Å². The number of unbranched alkanes of at least 4 members (excludes halogenated alkanes) is 1. The summed E-state index contributed by atoms with van der Waals surface area (Å²) in [6, 6.07) is 12.0. The summed E-state index contributed by atoms with van der Waals surface area (Å²) in [6.07, 6.45) is 2.65. The van der Waals surface area contributed by atoms with Crippen LogP contribution >= 0.6 is 11.8 Å². The highest BCUT2D eigenvalue weighted by Crippen LogP contribution is 2.37. The number of aromatic nitrogens is 2. The maximum Gasteiger partial charge on any atom is 0.315 e. The molecular formula is C47H61N11O9S. The molecule has 364 valence electrons. The van der Waals surface area contributed by atoms with Crippen molar-refractivity contribution in [2.75, 3.05) is 91.3 Å². The van der Waals surface area contributed by atoms with Gasteiger partial charge in [0.15, 0.2) is 5.82 Å². The molecule has 2 aromatic carbocycles. The van der Waals surface area contributed by atoms with Crippen LogP contribution in [0.1, 0.15) is 50.5 Å². The number of carbonyl (C=O) groups excluding carboxylic acids is 5. The Morgan fingerprint density at radius 2 is 1.54 bits per heavy atom. The van der Waals surface area contributed by atoms with Gasteiger partial charge in [-0.05, 0) is 49.1 Å². The molecule has 3 heterocycles. The third-order valence-electron chi connectivity index (χ3n) is 11.4. The highest BCUT2D eigenvalue weighted by molar-refractivity contribution is 8.00. The van der Waals surface area contributed by atoms with E-state index in [-0.39, 0.29) is 94.4 Å². The molecule has 0 spiro atoms. The Labute approximate surface area is 401 Å². The van der Waals surface area contributed by atoms with E-state index in [0.717, 1.165) is 18.6 Å². The van der Waals surface area contributed by atoms with Crippen LogP contribution in [0.5, 0.6) is 17.2 Å². The van der Waals surface area contributed by atoms with Crippen molar-refractivity contribution in [1.82, 2.24) is 41.0 Å². The Morgan fingerprint density at radius 3 is 2.26 bits per heavy atom. The van der Waals surface area contributed by atoms with Crippen LogP contribution in [0, 0.1) is 13.1 Å². The maximum atomic E-state index is 13.8. The van der Waals surface area contributed by atoms with Gasteiger partial charge in [-0.2, -0.15) is 11.8 Å². The number of amides is 6. The number of nitrogens with zero attached hydrogens (tertiary/aromatic N) is 6. The van der Waals surface area contributed by atoms with E-state index in [1.54, 1.807) is 42.5 Å². The highest BCUT2D eigenvalue weighted by atomic mass is 32.2. The highest BCUT2D eigenvalue weighted by Gasteiger charge is 2.42. The van der Waals surface area contributed by atoms with Gasteiger partial charge in [0.05, 0.1) is 70.9 Å². The van der Waals surface area contributed by atoms with Crippen LogP contribution in [-0.2, 0) is 25.8 Å². The normalized spacial score (nSPS) is 15.8. The molecule has 0 unspecified atom stereocenters. The van der Waals surface area contributed by atoms with Gasteiger partial charge in [0.1, 0.15) is 23.1 Å². The van der Waals surface area contributed by atoms with E-state index in [9.17, 15) is 29.1 Å². The van der Waals surface area contributed by atoms with Crippen molar-refractivity contribution >= 4 is 47.2 Å². The Hall–Kier alpha value is -6.68. The number of carbonyl (C=O) groups is 5. The number of urea groups is 1. The van der Waals surface area contributed by atoms with Gasteiger partial charge in [-0.3, -0.25) is 24.1 Å². The molecule has 20 nitrogen and oxygen atoms in total. The topological polar surface area (TPSA) is 234 Å². The van der Waals surface area contributed by atoms with E-state index in [2.05, 4.69) is 41.3 Å². The number of fused-ring (bicyclic) bond motifs is 1. The summed E-state index contributed by atoms with van der Waals surface area (Å²) in [7, 11) is 4.53. The Bertz CT molecular complexity index is 2210. The van der Waals surface area contributed by atoms with E-state index in [1.807, 2.05) is 16.7 Å². The monoisotopic (exact) mass is 955 g/mol. The van der Waals surface area contributed by atoms with Crippen LogP contribution in [0.2, 0.25) is 0 Å². The first kappa shape index (κ1) is 52.3. The minimum atomic E-state index is -0.523. The molecule has 2 saturated heterocycles. The molecule has 2 fully saturated rings. The molecule has 3 aromatic rings. The van der Waals surface area contributed by atoms with Crippen LogP contribution in [0.4, 0.5) is 10.6 Å². The van der Waals surface area contributed by atoms with E-state index in [1.165, 1.54) is 26.2 Å². The third kappa shape index (κ3) is 15.7. The zero-order chi connectivity index (χ0) is 48.8. The predicted octanol–water partition coefficient (Wildman–Crippen LogP) is 3.36. The summed E-state index contributed by atoms with van der Waals surface area (Å²) in [5.74, 6) is 1.12. The number of methoxy groups -OCH3 is 3. The molecule has 0 radical (unpaired) electrons. The molecule has 3 atom stereocenters. The largest absolute Gasteiger partial charge is 0.497 e. The lowest BCUT2D eigenvalue weighted by atomic mass is 10.0. The van der Waals surface area contributed by atoms with Gasteiger partial charge in [-0.25, -0.2) is 27.9 Å². The molecule has 21 heteroatoms. The fourth-order valence-electron chi connectivity index (χ4n) is 7.84. The van der Waals surface area contributed by atoms with Crippen molar-refractivity contribution in [3.8, 4) is 39.9 Å². The lowest BCUT2D eigenvalue weighted by Gasteiger charge is -2.23. The predicted molar refractivity (Wildman–Crippen MR) is 257 cm³/mol. The Morgan fingerprint density at radius 1 is 0.809 bits per heavy atom. The van der Waals surface area contributed by atoms with Gasteiger partial charge in [0.2, 0.25) is 36.7 Å². The van der Waals surface area contributed by atoms with Gasteiger partial charge in [0, 0.05) is 74.1 Å². The number of thioether (sulfide) groups is 1. The molecule has 1 aromatic heterocycles. The van der Waals surface area contributed by atoms with Crippen LogP contribution in [0.25, 0.3) is 32.3 Å². The molecule has 2 aliphatic rings. The Balaban J connectivity index is 1.21. The van der Waals surface area contributed by atoms with E-state index < -0.39 is 17.7 Å². The smallest absolute Gasteiger partial charge is 0.315 e. The van der Waals surface area contributed by atoms with E-state index in [0.29, 0.717) is 83.8 Å². The average molecular weight is 956 g/mol. The maximum absolute atomic E-state index is 13.8. The number of benzene rings is 2. The van der Waals surface area contributed by atoms with Crippen molar-refractivity contribution in [3.63, 3.8) is 0 Å². The molecule has 68 heavy (non-hydrogen) atoms. The van der Waals surface area contributed by atoms with Crippen molar-refractivity contribution in [1.29, 1.82) is 0 Å². The number of nitrogens with one attached hydrogen (secondary N) is 5. The first-order chi connectivity index (χ1) is 33.0. The summed E-state index contributed by atoms with van der Waals surface area (Å²) in [4.78, 5) is 84.5. The summed E-state index contributed by atoms with van der Waals surface area (Å²) >= 11 is 1.84. The minimum Gasteiger partial charge on any atom is -0.497 e. The number of hydrogen-bond acceptors (Lipinski definition) is 13. The second-order valence-electron chi connectivity index (χ2n) is 16.1. The number of aliphatic hydroxyl groups is 1. The molecule has 6 amide bonds. The zero-order valence-corrected chi connectivity index (χ0v) is 39.6. The molecule has 0 aliphatic carbocycles. The van der Waals surface area contributed by atoms with Gasteiger partial charge in [-0.1, -0.05) is 12.5 Å². The van der Waals surface area contributed by atoms with Gasteiger partial charge in [-0.15, -0.1) is 0 Å². The summed E-state index contributed by atoms with van der Waals surface area (Å²) in [6.45, 7) is 16.3. The number of aliphatic hydroxyl groups excluding tert-OH is 1. The van der Waals surface area contributed by atoms with Crippen LogP contribution in [0.15, 0.2) is 42.5 Å². The van der Waals surface area contributed by atoms with Gasteiger partial charge < -0.3 is 60.5 Å². The standard InChI is InChI=1S/C47H61N11O9S/c1-48-18-22-57(23-19-49-2)24-20-51-43(62)28-58(21-8-17-50-41(60)10-7-6-9-39-45-36(30-68-39)53-47(64)56-45)44(63)16-15-42(61)54-40-27-35(33-14-12-32(65-3)26-38(33)67-5)52-46(55-40)34-13-11-31(29-59)25-37(34)66-4/h11-14,25-27,36,39,45,59H,6-10,15-24,28-30H2,3-5H3,(H,50,60)(H,51,62)(H2,53,56,64)(H,52,54,55,61)/t36-,39-,45-/m0/s1. The SMILES string of the molecule is [C-]#[N+]CCN(CC[N+]#[C-])CCNC(=O)CN(CCCNC(=O)CCCC[C@@H]1SC[C@@H]2NC(=O)N[C@@H]21)C(=O)CCC(=O)Nc1cc(-c2ccc(OC)cc2OC)nc(-c2ccc(CO)cc2OC)n1. The summed E-state index contributed by atoms with van der Waals surface area (Å²) < 4.78 is 16.6. The van der Waals surface area contributed by atoms with Crippen molar-refractivity contribution in [2.24, 2.45) is 0 Å². The van der Waals surface area contributed by atoms with E-state index >= 15 is 0 Å². The molecule has 5 rings (SSSR count). The van der Waals surface area contributed by atoms with Crippen LogP contribution in [-0.4, -0.2) is 158 Å². The van der Waals surface area contributed by atoms with E-state index in [4.69, 9.17) is 32.3 Å². The summed E-state index contributed by atoms with van der Waals surface area (Å²) in [5.41, 5.74) is 2.08. The summed E-state index contributed by atoms with van der Waals surface area (Å²) in [5, 5.41) is 24.5. The number of ether oxygens (including phenoxy) is 3. The first-order valence-corrected chi connectivity index (χ1v) is 23.6. The van der Waals surface area contributed by atoms with Gasteiger partial charge >= 0.3 is 6.03 Å². The number of anilines is 1. The van der Waals surface area contributed by atoms with Crippen LogP contribution < -0.4 is 40.8 Å². The zero-order valence-electron chi connectivity index (χ0n) is 38.8. The average Bonchev–Trinajstić information content (AvgIpc) is 3.91. The minimum absolute atomic E-state index is 0.117. The number of hydrogen-bond donors (Lipinski definition) is 6. The second kappa shape index (κ2) is 27.2. The molecule has 6 N–H and O–H groups in total. The second-order valence-corrected chi connectivity index (χ2v) is 17.4. The first-order valence-electron chi connectivity index (χ1n) is 22.6. The molecule has 2 aliphatic heterocycles. The molecular weight excluding hydrogens is 895 g/mol. The van der Waals surface area contributed by atoms with Crippen molar-refractivity contribution < 1.29 is 43.3 Å². The Kier molecular flexibility index (Phi) is 20.9.